The minimum Gasteiger partial charge on any atom is -0.496 e. The van der Waals surface area contributed by atoms with Crippen LogP contribution in [0.3, 0.4) is 0 Å². The molecule has 3 aromatic rings. The van der Waals surface area contributed by atoms with Gasteiger partial charge in [0.25, 0.3) is 0 Å². The number of pyridine rings is 1. The van der Waals surface area contributed by atoms with E-state index in [0.717, 1.165) is 47.2 Å². The van der Waals surface area contributed by atoms with Crippen LogP contribution in [0.5, 0.6) is 5.75 Å². The van der Waals surface area contributed by atoms with Crippen LogP contribution in [0.2, 0.25) is 0 Å². The highest BCUT2D eigenvalue weighted by molar-refractivity contribution is 5.68. The summed E-state index contributed by atoms with van der Waals surface area (Å²) in [4.78, 5) is 15.9. The molecule has 144 valence electrons. The van der Waals surface area contributed by atoms with Gasteiger partial charge < -0.3 is 19.7 Å². The van der Waals surface area contributed by atoms with Gasteiger partial charge in [-0.15, -0.1) is 0 Å². The Bertz CT molecular complexity index is 943. The van der Waals surface area contributed by atoms with E-state index in [0.29, 0.717) is 19.2 Å². The molecule has 0 radical (unpaired) electrons. The summed E-state index contributed by atoms with van der Waals surface area (Å²) >= 11 is 0. The molecule has 1 aliphatic heterocycles. The molecule has 7 heteroatoms. The van der Waals surface area contributed by atoms with Crippen LogP contribution in [0.1, 0.15) is 5.56 Å². The van der Waals surface area contributed by atoms with Crippen LogP contribution in [-0.4, -0.2) is 48.4 Å². The number of morpholine rings is 1. The first kappa shape index (κ1) is 18.2. The fraction of sp³-hybridized carbons (Fsp3) is 0.286. The average Bonchev–Trinajstić information content (AvgIpc) is 2.75. The fourth-order valence-electron chi connectivity index (χ4n) is 3.17. The van der Waals surface area contributed by atoms with Crippen molar-refractivity contribution in [2.75, 3.05) is 43.6 Å². The molecule has 1 aromatic carbocycles. The van der Waals surface area contributed by atoms with Gasteiger partial charge >= 0.3 is 0 Å². The molecule has 2 aromatic heterocycles. The third-order valence-electron chi connectivity index (χ3n) is 4.63. The van der Waals surface area contributed by atoms with Gasteiger partial charge in [-0.05, 0) is 42.8 Å². The van der Waals surface area contributed by atoms with E-state index >= 15 is 0 Å². The molecular formula is C21H23N5O2. The lowest BCUT2D eigenvalue weighted by molar-refractivity contribution is 0.122. The van der Waals surface area contributed by atoms with Crippen molar-refractivity contribution in [2.24, 2.45) is 0 Å². The summed E-state index contributed by atoms with van der Waals surface area (Å²) in [6, 6.07) is 11.9. The monoisotopic (exact) mass is 377 g/mol. The standard InChI is InChI=1S/C21H23N5O2/c1-15-12-16(5-6-19(15)27-2)18-13-20(23-17-4-3-7-22-14-17)25-21(24-18)26-8-10-28-11-9-26/h3-7,12-14H,8-11H2,1-2H3,(H,23,24,25). The van der Waals surface area contributed by atoms with Crippen molar-refractivity contribution in [3.05, 3.63) is 54.4 Å². The first-order valence-electron chi connectivity index (χ1n) is 9.27. The Kier molecular flexibility index (Phi) is 5.34. The van der Waals surface area contributed by atoms with Crippen LogP contribution < -0.4 is 15.0 Å². The van der Waals surface area contributed by atoms with Gasteiger partial charge in [0.05, 0.1) is 37.9 Å². The molecule has 0 atom stereocenters. The van der Waals surface area contributed by atoms with Crippen LogP contribution in [0.15, 0.2) is 48.8 Å². The number of rotatable bonds is 5. The number of methoxy groups -OCH3 is 1. The number of benzene rings is 1. The van der Waals surface area contributed by atoms with Gasteiger partial charge in [-0.2, -0.15) is 4.98 Å². The van der Waals surface area contributed by atoms with Crippen molar-refractivity contribution in [1.29, 1.82) is 0 Å². The molecule has 7 nitrogen and oxygen atoms in total. The Morgan fingerprint density at radius 3 is 2.68 bits per heavy atom. The highest BCUT2D eigenvalue weighted by Crippen LogP contribution is 2.28. The molecule has 1 saturated heterocycles. The van der Waals surface area contributed by atoms with E-state index in [-0.39, 0.29) is 0 Å². The molecule has 1 aliphatic rings. The van der Waals surface area contributed by atoms with Crippen LogP contribution in [0.25, 0.3) is 11.3 Å². The summed E-state index contributed by atoms with van der Waals surface area (Å²) in [7, 11) is 1.68. The smallest absolute Gasteiger partial charge is 0.228 e. The Hall–Kier alpha value is -3.19. The molecule has 0 unspecified atom stereocenters. The van der Waals surface area contributed by atoms with Gasteiger partial charge in [0.1, 0.15) is 11.6 Å². The molecule has 0 aliphatic carbocycles. The molecule has 3 heterocycles. The van der Waals surface area contributed by atoms with E-state index in [1.165, 1.54) is 0 Å². The topological polar surface area (TPSA) is 72.4 Å². The minimum absolute atomic E-state index is 0.681. The summed E-state index contributed by atoms with van der Waals surface area (Å²) in [6.07, 6.45) is 3.52. The lowest BCUT2D eigenvalue weighted by Gasteiger charge is -2.27. The van der Waals surface area contributed by atoms with E-state index in [1.54, 1.807) is 19.5 Å². The normalized spacial score (nSPS) is 14.0. The number of anilines is 3. The zero-order valence-electron chi connectivity index (χ0n) is 16.1. The predicted molar refractivity (Wildman–Crippen MR) is 109 cm³/mol. The highest BCUT2D eigenvalue weighted by Gasteiger charge is 2.17. The first-order valence-corrected chi connectivity index (χ1v) is 9.27. The Labute approximate surface area is 164 Å². The predicted octanol–water partition coefficient (Wildman–Crippen LogP) is 3.44. The van der Waals surface area contributed by atoms with Crippen LogP contribution in [0, 0.1) is 6.92 Å². The third-order valence-corrected chi connectivity index (χ3v) is 4.63. The summed E-state index contributed by atoms with van der Waals surface area (Å²) < 4.78 is 10.9. The molecule has 0 amide bonds. The zero-order valence-corrected chi connectivity index (χ0v) is 16.1. The number of hydrogen-bond acceptors (Lipinski definition) is 7. The number of nitrogens with one attached hydrogen (secondary N) is 1. The van der Waals surface area contributed by atoms with Gasteiger partial charge in [0, 0.05) is 30.9 Å². The fourth-order valence-corrected chi connectivity index (χ4v) is 3.17. The lowest BCUT2D eigenvalue weighted by Crippen LogP contribution is -2.37. The summed E-state index contributed by atoms with van der Waals surface area (Å²) in [5, 5.41) is 3.33. The second-order valence-corrected chi connectivity index (χ2v) is 6.59. The Balaban J connectivity index is 1.73. The van der Waals surface area contributed by atoms with Gasteiger partial charge in [-0.25, -0.2) is 4.98 Å². The molecule has 4 rings (SSSR count). The largest absolute Gasteiger partial charge is 0.496 e. The average molecular weight is 377 g/mol. The molecule has 0 bridgehead atoms. The Morgan fingerprint density at radius 2 is 1.96 bits per heavy atom. The first-order chi connectivity index (χ1) is 13.7. The second kappa shape index (κ2) is 8.22. The van der Waals surface area contributed by atoms with Crippen molar-refractivity contribution in [3.8, 4) is 17.0 Å². The van der Waals surface area contributed by atoms with Gasteiger partial charge in [0.15, 0.2) is 0 Å². The maximum atomic E-state index is 5.47. The van der Waals surface area contributed by atoms with E-state index in [1.807, 2.05) is 37.3 Å². The number of hydrogen-bond donors (Lipinski definition) is 1. The quantitative estimate of drug-likeness (QED) is 0.730. The maximum Gasteiger partial charge on any atom is 0.228 e. The number of aromatic nitrogens is 3. The van der Waals surface area contributed by atoms with Crippen LogP contribution >= 0.6 is 0 Å². The number of nitrogens with zero attached hydrogens (tertiary/aromatic N) is 4. The van der Waals surface area contributed by atoms with E-state index < -0.39 is 0 Å². The van der Waals surface area contributed by atoms with Crippen molar-refractivity contribution >= 4 is 17.5 Å². The maximum absolute atomic E-state index is 5.47. The molecule has 0 spiro atoms. The van der Waals surface area contributed by atoms with E-state index in [4.69, 9.17) is 19.4 Å². The van der Waals surface area contributed by atoms with Crippen molar-refractivity contribution in [3.63, 3.8) is 0 Å². The van der Waals surface area contributed by atoms with Gasteiger partial charge in [0.2, 0.25) is 5.95 Å². The molecule has 28 heavy (non-hydrogen) atoms. The second-order valence-electron chi connectivity index (χ2n) is 6.59. The number of ether oxygens (including phenoxy) is 2. The summed E-state index contributed by atoms with van der Waals surface area (Å²) in [5.74, 6) is 2.29. The van der Waals surface area contributed by atoms with Crippen molar-refractivity contribution < 1.29 is 9.47 Å². The zero-order chi connectivity index (χ0) is 19.3. The lowest BCUT2D eigenvalue weighted by atomic mass is 10.1. The molecule has 0 saturated carbocycles. The van der Waals surface area contributed by atoms with Crippen LogP contribution in [0.4, 0.5) is 17.5 Å². The highest BCUT2D eigenvalue weighted by atomic mass is 16.5. The van der Waals surface area contributed by atoms with E-state index in [2.05, 4.69) is 21.3 Å². The molecular weight excluding hydrogens is 354 g/mol. The number of aryl methyl sites for hydroxylation is 1. The Morgan fingerprint density at radius 1 is 1.11 bits per heavy atom. The van der Waals surface area contributed by atoms with Crippen LogP contribution in [-0.2, 0) is 4.74 Å². The van der Waals surface area contributed by atoms with Crippen molar-refractivity contribution in [2.45, 2.75) is 6.92 Å². The molecule has 1 fully saturated rings. The minimum atomic E-state index is 0.681. The van der Waals surface area contributed by atoms with E-state index in [9.17, 15) is 0 Å². The third kappa shape index (κ3) is 4.04. The molecule has 1 N–H and O–H groups in total. The van der Waals surface area contributed by atoms with Gasteiger partial charge in [-0.3, -0.25) is 4.98 Å². The summed E-state index contributed by atoms with van der Waals surface area (Å²) in [6.45, 7) is 4.94. The summed E-state index contributed by atoms with van der Waals surface area (Å²) in [5.41, 5.74) is 3.82. The van der Waals surface area contributed by atoms with Gasteiger partial charge in [-0.1, -0.05) is 0 Å². The van der Waals surface area contributed by atoms with Crippen molar-refractivity contribution in [1.82, 2.24) is 15.0 Å². The SMILES string of the molecule is COc1ccc(-c2cc(Nc3cccnc3)nc(N3CCOCC3)n2)cc1C.